The van der Waals surface area contributed by atoms with Gasteiger partial charge in [-0.25, -0.2) is 9.59 Å². The van der Waals surface area contributed by atoms with Gasteiger partial charge in [0.25, 0.3) is 0 Å². The number of hydrogen-bond donors (Lipinski definition) is 0. The van der Waals surface area contributed by atoms with Crippen LogP contribution in [0, 0.1) is 35.5 Å². The third kappa shape index (κ3) is 3.13. The van der Waals surface area contributed by atoms with Crippen LogP contribution in [0.15, 0.2) is 60.7 Å². The maximum atomic E-state index is 12.9. The van der Waals surface area contributed by atoms with Crippen molar-refractivity contribution < 1.29 is 19.1 Å². The molecule has 0 N–H and O–H groups in total. The SMILES string of the molecule is CC1CC(C)C2C3CC(C(OC(=O)c4ccccc4)C3OC(=O)c3ccccc3)C12. The van der Waals surface area contributed by atoms with Crippen LogP contribution >= 0.6 is 0 Å². The topological polar surface area (TPSA) is 52.6 Å². The first-order valence-corrected chi connectivity index (χ1v) is 11.1. The molecule has 0 saturated heterocycles. The molecule has 0 radical (unpaired) electrons. The Kier molecular flexibility index (Phi) is 4.88. The Morgan fingerprint density at radius 2 is 1.07 bits per heavy atom. The number of rotatable bonds is 4. The average Bonchev–Trinajstić information content (AvgIpc) is 3.41. The fraction of sp³-hybridized carbons (Fsp3) is 0.462. The van der Waals surface area contributed by atoms with Crippen LogP contribution in [-0.2, 0) is 9.47 Å². The molecule has 0 aromatic heterocycles. The number of fused-ring (bicyclic) bond motifs is 5. The van der Waals surface area contributed by atoms with Crippen molar-refractivity contribution >= 4 is 11.9 Å². The van der Waals surface area contributed by atoms with Gasteiger partial charge in [0.05, 0.1) is 11.1 Å². The van der Waals surface area contributed by atoms with Gasteiger partial charge >= 0.3 is 11.9 Å². The van der Waals surface area contributed by atoms with Crippen LogP contribution in [0.5, 0.6) is 0 Å². The van der Waals surface area contributed by atoms with Crippen LogP contribution in [0.4, 0.5) is 0 Å². The first-order chi connectivity index (χ1) is 14.5. The Morgan fingerprint density at radius 3 is 1.47 bits per heavy atom. The van der Waals surface area contributed by atoms with E-state index in [0.717, 1.165) is 6.42 Å². The van der Waals surface area contributed by atoms with E-state index < -0.39 is 0 Å². The van der Waals surface area contributed by atoms with Crippen LogP contribution in [-0.4, -0.2) is 24.1 Å². The predicted molar refractivity (Wildman–Crippen MR) is 113 cm³/mol. The van der Waals surface area contributed by atoms with Crippen molar-refractivity contribution in [2.24, 2.45) is 35.5 Å². The summed E-state index contributed by atoms with van der Waals surface area (Å²) >= 11 is 0. The van der Waals surface area contributed by atoms with Crippen molar-refractivity contribution in [3.8, 4) is 0 Å². The van der Waals surface area contributed by atoms with Gasteiger partial charge in [-0.3, -0.25) is 0 Å². The monoisotopic (exact) mass is 404 g/mol. The van der Waals surface area contributed by atoms with Gasteiger partial charge in [0.2, 0.25) is 0 Å². The van der Waals surface area contributed by atoms with Crippen molar-refractivity contribution in [1.29, 1.82) is 0 Å². The first-order valence-electron chi connectivity index (χ1n) is 11.1. The molecule has 0 amide bonds. The van der Waals surface area contributed by atoms with Gasteiger partial charge in [-0.05, 0) is 60.8 Å². The third-order valence-electron chi connectivity index (χ3n) is 7.71. The molecule has 2 aromatic rings. The predicted octanol–water partition coefficient (Wildman–Crippen LogP) is 5.00. The largest absolute Gasteiger partial charge is 0.455 e. The molecule has 3 aliphatic carbocycles. The maximum Gasteiger partial charge on any atom is 0.338 e. The highest BCUT2D eigenvalue weighted by atomic mass is 16.6. The molecule has 0 spiro atoms. The molecule has 8 unspecified atom stereocenters. The van der Waals surface area contributed by atoms with Crippen LogP contribution in [0.25, 0.3) is 0 Å². The minimum absolute atomic E-state index is 0.265. The summed E-state index contributed by atoms with van der Waals surface area (Å²) in [4.78, 5) is 25.7. The molecule has 156 valence electrons. The zero-order valence-electron chi connectivity index (χ0n) is 17.4. The van der Waals surface area contributed by atoms with Gasteiger partial charge in [-0.1, -0.05) is 50.2 Å². The fourth-order valence-electron chi connectivity index (χ4n) is 6.74. The maximum absolute atomic E-state index is 12.9. The lowest BCUT2D eigenvalue weighted by Crippen LogP contribution is -2.47. The number of carbonyl (C=O) groups excluding carboxylic acids is 2. The molecular weight excluding hydrogens is 376 g/mol. The minimum Gasteiger partial charge on any atom is -0.455 e. The van der Waals surface area contributed by atoms with Crippen molar-refractivity contribution in [2.75, 3.05) is 0 Å². The van der Waals surface area contributed by atoms with Crippen LogP contribution in [0.1, 0.15) is 47.4 Å². The van der Waals surface area contributed by atoms with E-state index in [1.54, 1.807) is 24.3 Å². The molecular formula is C26H28O4. The smallest absolute Gasteiger partial charge is 0.338 e. The second-order valence-electron chi connectivity index (χ2n) is 9.38. The summed E-state index contributed by atoms with van der Waals surface area (Å²) in [5.41, 5.74) is 1.08. The van der Waals surface area contributed by atoms with Crippen molar-refractivity contribution in [3.05, 3.63) is 71.8 Å². The number of benzene rings is 2. The van der Waals surface area contributed by atoms with E-state index in [1.807, 2.05) is 36.4 Å². The molecule has 8 atom stereocenters. The van der Waals surface area contributed by atoms with Crippen molar-refractivity contribution in [1.82, 2.24) is 0 Å². The highest BCUT2D eigenvalue weighted by Crippen LogP contribution is 2.63. The summed E-state index contributed by atoms with van der Waals surface area (Å²) in [7, 11) is 0. The van der Waals surface area contributed by atoms with Crippen LogP contribution in [0.3, 0.4) is 0 Å². The Labute approximate surface area is 177 Å². The molecule has 30 heavy (non-hydrogen) atoms. The molecule has 4 nitrogen and oxygen atoms in total. The van der Waals surface area contributed by atoms with Gasteiger partial charge < -0.3 is 9.47 Å². The van der Waals surface area contributed by atoms with E-state index in [2.05, 4.69) is 13.8 Å². The fourth-order valence-corrected chi connectivity index (χ4v) is 6.74. The second-order valence-corrected chi connectivity index (χ2v) is 9.38. The summed E-state index contributed by atoms with van der Waals surface area (Å²) in [6, 6.07) is 18.2. The zero-order chi connectivity index (χ0) is 20.8. The lowest BCUT2D eigenvalue weighted by molar-refractivity contribution is -0.0833. The van der Waals surface area contributed by atoms with E-state index >= 15 is 0 Å². The zero-order valence-corrected chi connectivity index (χ0v) is 17.4. The molecule has 2 bridgehead atoms. The molecule has 2 aromatic carbocycles. The van der Waals surface area contributed by atoms with E-state index in [0.29, 0.717) is 34.8 Å². The van der Waals surface area contributed by atoms with Crippen molar-refractivity contribution in [2.45, 2.75) is 38.9 Å². The lowest BCUT2D eigenvalue weighted by atomic mass is 9.74. The highest BCUT2D eigenvalue weighted by molar-refractivity contribution is 5.90. The first kappa shape index (κ1) is 19.3. The van der Waals surface area contributed by atoms with E-state index in [9.17, 15) is 9.59 Å². The van der Waals surface area contributed by atoms with E-state index in [-0.39, 0.29) is 36.0 Å². The number of hydrogen-bond acceptors (Lipinski definition) is 4. The quantitative estimate of drug-likeness (QED) is 0.673. The Morgan fingerprint density at radius 1 is 0.667 bits per heavy atom. The lowest BCUT2D eigenvalue weighted by Gasteiger charge is -2.39. The van der Waals surface area contributed by atoms with Gasteiger partial charge in [0.15, 0.2) is 0 Å². The summed E-state index contributed by atoms with van der Waals surface area (Å²) in [5, 5.41) is 0. The van der Waals surface area contributed by atoms with Gasteiger partial charge in [-0.2, -0.15) is 0 Å². The molecule has 4 heteroatoms. The van der Waals surface area contributed by atoms with Crippen LogP contribution in [0.2, 0.25) is 0 Å². The Balaban J connectivity index is 1.42. The van der Waals surface area contributed by atoms with Gasteiger partial charge in [0, 0.05) is 11.8 Å². The summed E-state index contributed by atoms with van der Waals surface area (Å²) in [6.45, 7) is 4.64. The minimum atomic E-state index is -0.371. The van der Waals surface area contributed by atoms with E-state index in [4.69, 9.17) is 9.47 Å². The third-order valence-corrected chi connectivity index (χ3v) is 7.71. The molecule has 5 rings (SSSR count). The van der Waals surface area contributed by atoms with Crippen molar-refractivity contribution in [3.63, 3.8) is 0 Å². The number of esters is 2. The number of ether oxygens (including phenoxy) is 2. The normalized spacial score (nSPS) is 36.3. The Hall–Kier alpha value is -2.62. The van der Waals surface area contributed by atoms with E-state index in [1.165, 1.54) is 6.42 Å². The molecule has 3 saturated carbocycles. The van der Waals surface area contributed by atoms with Gasteiger partial charge in [0.1, 0.15) is 12.2 Å². The van der Waals surface area contributed by atoms with Crippen LogP contribution < -0.4 is 0 Å². The molecule has 3 aliphatic rings. The molecule has 0 aliphatic heterocycles. The molecule has 0 heterocycles. The standard InChI is InChI=1S/C26H28O4/c1-15-13-16(2)22-20-14-19(21(15)22)23(29-25(27)17-9-5-3-6-10-17)24(20)30-26(28)18-11-7-4-8-12-18/h3-12,15-16,19-24H,13-14H2,1-2H3. The second kappa shape index (κ2) is 7.57. The number of carbonyl (C=O) groups is 2. The highest BCUT2D eigenvalue weighted by Gasteiger charge is 2.65. The summed E-state index contributed by atoms with van der Waals surface area (Å²) in [6.07, 6.45) is 1.43. The molecule has 3 fully saturated rings. The van der Waals surface area contributed by atoms with Gasteiger partial charge in [-0.15, -0.1) is 0 Å². The summed E-state index contributed by atoms with van der Waals surface area (Å²) < 4.78 is 12.1. The Bertz CT molecular complexity index is 849. The summed E-state index contributed by atoms with van der Waals surface area (Å²) in [5.74, 6) is 2.19. The average molecular weight is 405 g/mol.